The maximum Gasteiger partial charge on any atom is 0.0454 e. The molecule has 2 nitrogen and oxygen atoms in total. The average molecular weight is 267 g/mol. The van der Waals surface area contributed by atoms with Crippen LogP contribution in [-0.2, 0) is 13.1 Å². The zero-order valence-corrected chi connectivity index (χ0v) is 12.1. The summed E-state index contributed by atoms with van der Waals surface area (Å²) in [6, 6.07) is 6.84. The van der Waals surface area contributed by atoms with Crippen LogP contribution in [0.1, 0.15) is 37.8 Å². The van der Waals surface area contributed by atoms with E-state index in [1.54, 1.807) is 0 Å². The van der Waals surface area contributed by atoms with Crippen molar-refractivity contribution in [3.8, 4) is 0 Å². The third kappa shape index (κ3) is 3.05. The summed E-state index contributed by atoms with van der Waals surface area (Å²) in [4.78, 5) is 2.54. The van der Waals surface area contributed by atoms with Crippen molar-refractivity contribution in [1.82, 2.24) is 4.90 Å². The highest BCUT2D eigenvalue weighted by molar-refractivity contribution is 6.31. The van der Waals surface area contributed by atoms with E-state index in [1.807, 2.05) is 6.07 Å². The highest BCUT2D eigenvalue weighted by Crippen LogP contribution is 2.27. The Morgan fingerprint density at radius 1 is 1.39 bits per heavy atom. The van der Waals surface area contributed by atoms with Gasteiger partial charge in [0.15, 0.2) is 0 Å². The van der Waals surface area contributed by atoms with Gasteiger partial charge in [0.25, 0.3) is 0 Å². The Labute approximate surface area is 115 Å². The van der Waals surface area contributed by atoms with Crippen molar-refractivity contribution in [2.75, 3.05) is 6.54 Å². The standard InChI is InChI=1S/C15H23ClN2/c1-11-4-3-7-18(12(11)2)10-14-6-5-13(9-17)8-15(14)16/h5-6,8,11-12H,3-4,7,9-10,17H2,1-2H3. The first-order chi connectivity index (χ1) is 8.61. The minimum Gasteiger partial charge on any atom is -0.326 e. The van der Waals surface area contributed by atoms with Crippen LogP contribution in [0.4, 0.5) is 0 Å². The Morgan fingerprint density at radius 3 is 2.83 bits per heavy atom. The molecule has 0 radical (unpaired) electrons. The predicted octanol–water partition coefficient (Wildman–Crippen LogP) is 3.42. The molecular weight excluding hydrogens is 244 g/mol. The fraction of sp³-hybridized carbons (Fsp3) is 0.600. The van der Waals surface area contributed by atoms with Gasteiger partial charge in [-0.25, -0.2) is 0 Å². The molecule has 1 heterocycles. The number of hydrogen-bond acceptors (Lipinski definition) is 2. The number of halogens is 1. The van der Waals surface area contributed by atoms with Crippen molar-refractivity contribution in [3.05, 3.63) is 34.3 Å². The minimum atomic E-state index is 0.553. The molecule has 2 N–H and O–H groups in total. The van der Waals surface area contributed by atoms with E-state index in [0.29, 0.717) is 12.6 Å². The Bertz CT molecular complexity index is 405. The molecule has 0 spiro atoms. The van der Waals surface area contributed by atoms with Crippen molar-refractivity contribution in [2.45, 2.75) is 45.8 Å². The van der Waals surface area contributed by atoms with E-state index in [4.69, 9.17) is 17.3 Å². The van der Waals surface area contributed by atoms with Crippen LogP contribution in [0, 0.1) is 5.92 Å². The van der Waals surface area contributed by atoms with Crippen molar-refractivity contribution < 1.29 is 0 Å². The van der Waals surface area contributed by atoms with Crippen LogP contribution < -0.4 is 5.73 Å². The minimum absolute atomic E-state index is 0.553. The molecule has 100 valence electrons. The smallest absolute Gasteiger partial charge is 0.0454 e. The van der Waals surface area contributed by atoms with Crippen molar-refractivity contribution in [3.63, 3.8) is 0 Å². The molecule has 1 saturated heterocycles. The van der Waals surface area contributed by atoms with Gasteiger partial charge in [-0.2, -0.15) is 0 Å². The number of hydrogen-bond donors (Lipinski definition) is 1. The number of nitrogens with zero attached hydrogens (tertiary/aromatic N) is 1. The molecule has 0 amide bonds. The summed E-state index contributed by atoms with van der Waals surface area (Å²) in [5, 5.41) is 0.850. The molecule has 0 aliphatic carbocycles. The third-order valence-corrected chi connectivity index (χ3v) is 4.58. The second kappa shape index (κ2) is 6.05. The molecule has 2 atom stereocenters. The van der Waals surface area contributed by atoms with E-state index in [2.05, 4.69) is 30.9 Å². The molecule has 1 aromatic rings. The first-order valence-corrected chi connectivity index (χ1v) is 7.21. The van der Waals surface area contributed by atoms with Crippen molar-refractivity contribution in [1.29, 1.82) is 0 Å². The molecule has 1 fully saturated rings. The first kappa shape index (κ1) is 13.9. The van der Waals surface area contributed by atoms with Crippen LogP contribution in [0.3, 0.4) is 0 Å². The van der Waals surface area contributed by atoms with Gasteiger partial charge < -0.3 is 5.73 Å². The molecule has 0 bridgehead atoms. The molecule has 2 rings (SSSR count). The van der Waals surface area contributed by atoms with Crippen molar-refractivity contribution in [2.24, 2.45) is 11.7 Å². The zero-order valence-electron chi connectivity index (χ0n) is 11.3. The van der Waals surface area contributed by atoms with Gasteiger partial charge >= 0.3 is 0 Å². The number of piperidine rings is 1. The molecule has 1 aliphatic rings. The number of likely N-dealkylation sites (tertiary alicyclic amines) is 1. The van der Waals surface area contributed by atoms with Crippen LogP contribution in [0.15, 0.2) is 18.2 Å². The third-order valence-electron chi connectivity index (χ3n) is 4.23. The molecule has 1 aliphatic heterocycles. The monoisotopic (exact) mass is 266 g/mol. The van der Waals surface area contributed by atoms with Gasteiger partial charge in [0.05, 0.1) is 0 Å². The molecule has 18 heavy (non-hydrogen) atoms. The van der Waals surface area contributed by atoms with Gasteiger partial charge in [-0.15, -0.1) is 0 Å². The fourth-order valence-corrected chi connectivity index (χ4v) is 2.97. The summed E-state index contributed by atoms with van der Waals surface area (Å²) >= 11 is 6.33. The van der Waals surface area contributed by atoms with Crippen molar-refractivity contribution >= 4 is 11.6 Å². The summed E-state index contributed by atoms with van der Waals surface area (Å²) in [5.74, 6) is 0.779. The highest BCUT2D eigenvalue weighted by atomic mass is 35.5. The lowest BCUT2D eigenvalue weighted by Gasteiger charge is -2.38. The normalized spacial score (nSPS) is 25.3. The first-order valence-electron chi connectivity index (χ1n) is 6.83. The summed E-state index contributed by atoms with van der Waals surface area (Å²) in [7, 11) is 0. The number of benzene rings is 1. The van der Waals surface area contributed by atoms with Gasteiger partial charge in [0, 0.05) is 24.2 Å². The Balaban J connectivity index is 2.09. The topological polar surface area (TPSA) is 29.3 Å². The fourth-order valence-electron chi connectivity index (χ4n) is 2.71. The second-order valence-electron chi connectivity index (χ2n) is 5.46. The number of rotatable bonds is 3. The Kier molecular flexibility index (Phi) is 4.66. The largest absolute Gasteiger partial charge is 0.326 e. The van der Waals surface area contributed by atoms with Crippen LogP contribution >= 0.6 is 11.6 Å². The van der Waals surface area contributed by atoms with Crippen LogP contribution in [0.2, 0.25) is 5.02 Å². The van der Waals surface area contributed by atoms with E-state index >= 15 is 0 Å². The lowest BCUT2D eigenvalue weighted by molar-refractivity contribution is 0.106. The highest BCUT2D eigenvalue weighted by Gasteiger charge is 2.24. The van der Waals surface area contributed by atoms with E-state index in [0.717, 1.165) is 23.0 Å². The van der Waals surface area contributed by atoms with E-state index in [9.17, 15) is 0 Å². The van der Waals surface area contributed by atoms with Crippen LogP contribution in [0.5, 0.6) is 0 Å². The molecule has 1 aromatic carbocycles. The SMILES string of the molecule is CC1CCCN(Cc2ccc(CN)cc2Cl)C1C. The quantitative estimate of drug-likeness (QED) is 0.908. The van der Waals surface area contributed by atoms with Gasteiger partial charge in [-0.3, -0.25) is 4.90 Å². The van der Waals surface area contributed by atoms with Crippen LogP contribution in [-0.4, -0.2) is 17.5 Å². The summed E-state index contributed by atoms with van der Waals surface area (Å²) in [6.45, 7) is 7.36. The van der Waals surface area contributed by atoms with Gasteiger partial charge in [0.1, 0.15) is 0 Å². The number of nitrogens with two attached hydrogens (primary N) is 1. The summed E-state index contributed by atoms with van der Waals surface area (Å²) in [5.41, 5.74) is 7.94. The lowest BCUT2D eigenvalue weighted by atomic mass is 9.91. The average Bonchev–Trinajstić information content (AvgIpc) is 2.37. The van der Waals surface area contributed by atoms with Gasteiger partial charge in [-0.1, -0.05) is 30.7 Å². The molecule has 3 heteroatoms. The van der Waals surface area contributed by atoms with E-state index in [1.165, 1.54) is 24.9 Å². The summed E-state index contributed by atoms with van der Waals surface area (Å²) in [6.07, 6.45) is 2.64. The Hall–Kier alpha value is -0.570. The molecular formula is C15H23ClN2. The van der Waals surface area contributed by atoms with E-state index in [-0.39, 0.29) is 0 Å². The molecule has 2 unspecified atom stereocenters. The zero-order chi connectivity index (χ0) is 13.1. The van der Waals surface area contributed by atoms with Gasteiger partial charge in [-0.05, 0) is 49.4 Å². The van der Waals surface area contributed by atoms with Gasteiger partial charge in [0.2, 0.25) is 0 Å². The lowest BCUT2D eigenvalue weighted by Crippen LogP contribution is -2.41. The Morgan fingerprint density at radius 2 is 2.17 bits per heavy atom. The maximum atomic E-state index is 6.33. The second-order valence-corrected chi connectivity index (χ2v) is 5.87. The maximum absolute atomic E-state index is 6.33. The van der Waals surface area contributed by atoms with Crippen LogP contribution in [0.25, 0.3) is 0 Å². The summed E-state index contributed by atoms with van der Waals surface area (Å²) < 4.78 is 0. The molecule has 0 saturated carbocycles. The van der Waals surface area contributed by atoms with E-state index < -0.39 is 0 Å². The molecule has 0 aromatic heterocycles. The predicted molar refractivity (Wildman–Crippen MR) is 77.6 cm³/mol.